The Balaban J connectivity index is 4.07. The van der Waals surface area contributed by atoms with Crippen LogP contribution in [0.1, 0.15) is 309 Å². The largest absolute Gasteiger partial charge is 0.545 e. The zero-order chi connectivity index (χ0) is 61.9. The number of carboxylic acids is 1. The minimum Gasteiger partial charge on any atom is -0.545 e. The Labute approximate surface area is 524 Å². The van der Waals surface area contributed by atoms with Crippen molar-refractivity contribution in [1.82, 2.24) is 0 Å². The molecule has 0 spiro atoms. The fraction of sp³-hybridized carbons (Fsp3) is 0.750. The summed E-state index contributed by atoms with van der Waals surface area (Å²) in [5, 5.41) is 11.8. The van der Waals surface area contributed by atoms with E-state index < -0.39 is 24.3 Å². The molecule has 0 N–H and O–H groups in total. The topological polar surface area (TPSA) is 111 Å². The molecule has 0 aliphatic heterocycles. The van der Waals surface area contributed by atoms with E-state index in [1.54, 1.807) is 0 Å². The number of quaternary nitrogens is 1. The highest BCUT2D eigenvalue weighted by atomic mass is 16.7. The third kappa shape index (κ3) is 67.6. The smallest absolute Gasteiger partial charge is 0.306 e. The highest BCUT2D eigenvalue weighted by molar-refractivity contribution is 5.70. The highest BCUT2D eigenvalue weighted by Gasteiger charge is 2.22. The van der Waals surface area contributed by atoms with Crippen molar-refractivity contribution < 1.29 is 42.9 Å². The molecule has 9 nitrogen and oxygen atoms in total. The number of likely N-dealkylation sites (N-methyl/N-ethyl adjacent to an activating group) is 1. The van der Waals surface area contributed by atoms with Gasteiger partial charge in [-0.15, -0.1) is 0 Å². The van der Waals surface area contributed by atoms with Crippen molar-refractivity contribution in [1.29, 1.82) is 0 Å². The van der Waals surface area contributed by atoms with E-state index in [0.717, 1.165) is 77.0 Å². The van der Waals surface area contributed by atoms with Crippen LogP contribution in [0, 0.1) is 0 Å². The molecule has 0 bridgehead atoms. The average Bonchev–Trinajstić information content (AvgIpc) is 3.48. The lowest BCUT2D eigenvalue weighted by atomic mass is 10.0. The van der Waals surface area contributed by atoms with Crippen LogP contribution in [0.4, 0.5) is 0 Å². The number of rotatable bonds is 65. The summed E-state index contributed by atoms with van der Waals surface area (Å²) in [5.41, 5.74) is 0. The maximum absolute atomic E-state index is 12.9. The number of carbonyl (C=O) groups is 3. The van der Waals surface area contributed by atoms with Crippen molar-refractivity contribution in [3.05, 3.63) is 97.2 Å². The molecule has 0 fully saturated rings. The summed E-state index contributed by atoms with van der Waals surface area (Å²) in [6.07, 6.45) is 87.7. The lowest BCUT2D eigenvalue weighted by molar-refractivity contribution is -0.870. The van der Waals surface area contributed by atoms with Gasteiger partial charge < -0.3 is 33.3 Å². The third-order valence-corrected chi connectivity index (χ3v) is 15.3. The van der Waals surface area contributed by atoms with E-state index in [0.29, 0.717) is 17.4 Å². The molecular weight excluding hydrogens is 1050 g/mol. The van der Waals surface area contributed by atoms with Crippen molar-refractivity contribution in [3.63, 3.8) is 0 Å². The molecule has 0 aromatic rings. The minimum atomic E-state index is -1.62. The van der Waals surface area contributed by atoms with Crippen LogP contribution in [0.25, 0.3) is 0 Å². The van der Waals surface area contributed by atoms with Gasteiger partial charge in [0.1, 0.15) is 13.2 Å². The van der Waals surface area contributed by atoms with Gasteiger partial charge in [0.2, 0.25) is 0 Å². The zero-order valence-corrected chi connectivity index (χ0v) is 56.0. The number of hydrogen-bond donors (Lipinski definition) is 0. The molecule has 2 atom stereocenters. The number of carbonyl (C=O) groups excluding carboxylic acids is 3. The van der Waals surface area contributed by atoms with E-state index >= 15 is 0 Å². The van der Waals surface area contributed by atoms with Gasteiger partial charge in [0.15, 0.2) is 12.4 Å². The molecular formula is C76H133NO8. The first kappa shape index (κ1) is 81.2. The standard InChI is InChI=1S/C76H133NO8/c1-6-8-10-12-14-16-18-20-22-24-26-28-30-31-32-33-34-35-36-37-38-39-40-41-42-43-45-47-49-51-53-55-57-59-61-63-65-67-74(79)85-72(71-84-76(75(80)81)82-69-68-77(3,4)5)70-83-73(78)66-64-62-60-58-56-54-52-50-48-46-44-29-27-25-23-21-19-17-15-13-11-9-7-2/h8,10,14,16,19-22,25-28,31-32,34-35,72,76H,6-7,9,11-13,15,17-18,23-24,29-30,33,36-71H2,1-5H3/b10-8-,16-14-,21-19-,22-20-,27-25-,28-26-,32-31-,35-34-. The first-order valence-corrected chi connectivity index (χ1v) is 35.4. The van der Waals surface area contributed by atoms with E-state index in [2.05, 4.69) is 111 Å². The summed E-state index contributed by atoms with van der Waals surface area (Å²) in [7, 11) is 5.93. The van der Waals surface area contributed by atoms with E-state index in [1.165, 1.54) is 199 Å². The molecule has 0 aromatic carbocycles. The second kappa shape index (κ2) is 66.2. The molecule has 0 aliphatic carbocycles. The number of ether oxygens (including phenoxy) is 4. The molecule has 0 saturated carbocycles. The third-order valence-electron chi connectivity index (χ3n) is 15.3. The van der Waals surface area contributed by atoms with Crippen LogP contribution in [0.5, 0.6) is 0 Å². The number of allylic oxidation sites excluding steroid dienone is 16. The van der Waals surface area contributed by atoms with Crippen molar-refractivity contribution in [2.45, 2.75) is 322 Å². The molecule has 85 heavy (non-hydrogen) atoms. The van der Waals surface area contributed by atoms with Crippen molar-refractivity contribution in [3.8, 4) is 0 Å². The van der Waals surface area contributed by atoms with Crippen LogP contribution in [0.3, 0.4) is 0 Å². The first-order chi connectivity index (χ1) is 41.6. The second-order valence-electron chi connectivity index (χ2n) is 24.8. The minimum absolute atomic E-state index is 0.146. The van der Waals surface area contributed by atoms with E-state index in [1.807, 2.05) is 21.1 Å². The van der Waals surface area contributed by atoms with Crippen LogP contribution < -0.4 is 5.11 Å². The van der Waals surface area contributed by atoms with Crippen LogP contribution in [-0.4, -0.2) is 82.3 Å². The quantitative estimate of drug-likeness (QED) is 0.0195. The summed E-state index contributed by atoms with van der Waals surface area (Å²) >= 11 is 0. The number of esters is 2. The van der Waals surface area contributed by atoms with Gasteiger partial charge in [-0.05, 0) is 96.3 Å². The number of aliphatic carboxylic acids is 1. The molecule has 0 rings (SSSR count). The number of nitrogens with zero attached hydrogens (tertiary/aromatic N) is 1. The molecule has 0 heterocycles. The van der Waals surface area contributed by atoms with Gasteiger partial charge in [-0.3, -0.25) is 9.59 Å². The number of hydrogen-bond acceptors (Lipinski definition) is 8. The predicted octanol–water partition coefficient (Wildman–Crippen LogP) is 20.7. The Kier molecular flexibility index (Phi) is 63.2. The van der Waals surface area contributed by atoms with Gasteiger partial charge in [-0.25, -0.2) is 0 Å². The van der Waals surface area contributed by atoms with Gasteiger partial charge in [0, 0.05) is 12.8 Å². The van der Waals surface area contributed by atoms with Crippen LogP contribution >= 0.6 is 0 Å². The van der Waals surface area contributed by atoms with Crippen LogP contribution in [0.15, 0.2) is 97.2 Å². The Morgan fingerprint density at radius 3 is 1.00 bits per heavy atom. The average molecular weight is 1190 g/mol. The molecule has 0 saturated heterocycles. The van der Waals surface area contributed by atoms with Gasteiger partial charge in [-0.1, -0.05) is 297 Å². The number of carboxylic acid groups (broad SMARTS) is 1. The van der Waals surface area contributed by atoms with Gasteiger partial charge in [0.25, 0.3) is 0 Å². The maximum atomic E-state index is 12.9. The van der Waals surface area contributed by atoms with Gasteiger partial charge >= 0.3 is 11.9 Å². The fourth-order valence-corrected chi connectivity index (χ4v) is 9.93. The van der Waals surface area contributed by atoms with Crippen LogP contribution in [0.2, 0.25) is 0 Å². The summed E-state index contributed by atoms with van der Waals surface area (Å²) in [4.78, 5) is 37.5. The summed E-state index contributed by atoms with van der Waals surface area (Å²) < 4.78 is 22.8. The van der Waals surface area contributed by atoms with Crippen molar-refractivity contribution >= 4 is 17.9 Å². The van der Waals surface area contributed by atoms with Crippen molar-refractivity contribution in [2.24, 2.45) is 0 Å². The van der Waals surface area contributed by atoms with Crippen LogP contribution in [-0.2, 0) is 33.3 Å². The SMILES string of the molecule is CC/C=C\C/C=C\C/C=C\C/C=C\C/C=C\C/C=C\CCCCCCCCCCCCCCCCCCCCC(=O)OC(COC(=O)CCCCCCCCCCCCC/C=C\C/C=C\CCCCCCC)COC(OCC[N+](C)(C)C)C(=O)[O-]. The van der Waals surface area contributed by atoms with E-state index in [4.69, 9.17) is 18.9 Å². The number of unbranched alkanes of at least 4 members (excludes halogenated alkanes) is 34. The Hall–Kier alpha value is -3.79. The lowest BCUT2D eigenvalue weighted by Gasteiger charge is -2.26. The van der Waals surface area contributed by atoms with Gasteiger partial charge in [-0.2, -0.15) is 0 Å². The lowest BCUT2D eigenvalue weighted by Crippen LogP contribution is -2.44. The van der Waals surface area contributed by atoms with E-state index in [9.17, 15) is 19.5 Å². The molecule has 0 amide bonds. The monoisotopic (exact) mass is 1190 g/mol. The van der Waals surface area contributed by atoms with Gasteiger partial charge in [0.05, 0.1) is 40.3 Å². The maximum Gasteiger partial charge on any atom is 0.306 e. The Bertz CT molecular complexity index is 1720. The predicted molar refractivity (Wildman–Crippen MR) is 361 cm³/mol. The molecule has 0 aliphatic rings. The zero-order valence-electron chi connectivity index (χ0n) is 56.0. The Morgan fingerprint density at radius 2 is 0.671 bits per heavy atom. The first-order valence-electron chi connectivity index (χ1n) is 35.4. The highest BCUT2D eigenvalue weighted by Crippen LogP contribution is 2.17. The molecule has 9 heteroatoms. The summed E-state index contributed by atoms with van der Waals surface area (Å²) in [5.74, 6) is -2.27. The molecule has 0 radical (unpaired) electrons. The molecule has 2 unspecified atom stereocenters. The second-order valence-corrected chi connectivity index (χ2v) is 24.8. The normalized spacial score (nSPS) is 13.3. The molecule has 0 aromatic heterocycles. The van der Waals surface area contributed by atoms with E-state index in [-0.39, 0.29) is 38.6 Å². The summed E-state index contributed by atoms with van der Waals surface area (Å²) in [6, 6.07) is 0. The summed E-state index contributed by atoms with van der Waals surface area (Å²) in [6.45, 7) is 4.65. The molecule has 490 valence electrons. The van der Waals surface area contributed by atoms with Crippen molar-refractivity contribution in [2.75, 3.05) is 47.5 Å². The fourth-order valence-electron chi connectivity index (χ4n) is 9.93. The Morgan fingerprint density at radius 1 is 0.365 bits per heavy atom.